The van der Waals surface area contributed by atoms with Crippen LogP contribution in [0.15, 0.2) is 0 Å². The third-order valence-corrected chi connectivity index (χ3v) is 2.81. The molecule has 2 atom stereocenters. The van der Waals surface area contributed by atoms with Crippen molar-refractivity contribution < 1.29 is 5.11 Å². The zero-order chi connectivity index (χ0) is 9.84. The van der Waals surface area contributed by atoms with Gasteiger partial charge in [0.05, 0.1) is 6.10 Å². The van der Waals surface area contributed by atoms with Gasteiger partial charge in [0, 0.05) is 19.1 Å². The largest absolute Gasteiger partial charge is 0.391 e. The molecule has 0 saturated carbocycles. The molecule has 0 aliphatic carbocycles. The van der Waals surface area contributed by atoms with Crippen LogP contribution in [0.1, 0.15) is 26.7 Å². The fourth-order valence-electron chi connectivity index (χ4n) is 1.33. The first kappa shape index (κ1) is 10.7. The van der Waals surface area contributed by atoms with Crippen molar-refractivity contribution in [3.05, 3.63) is 0 Å². The zero-order valence-electron chi connectivity index (χ0n) is 8.29. The summed E-state index contributed by atoms with van der Waals surface area (Å²) < 4.78 is 0. The Labute approximate surface area is 85.1 Å². The molecule has 1 unspecified atom stereocenters. The fourth-order valence-corrected chi connectivity index (χ4v) is 1.70. The molecule has 1 saturated heterocycles. The van der Waals surface area contributed by atoms with E-state index in [0.717, 1.165) is 24.5 Å². The molecule has 0 aromatic carbocycles. The number of nitrogens with one attached hydrogen (secondary N) is 1. The summed E-state index contributed by atoms with van der Waals surface area (Å²) in [7, 11) is 0. The van der Waals surface area contributed by atoms with Crippen LogP contribution in [0, 0.1) is 0 Å². The van der Waals surface area contributed by atoms with E-state index in [0.29, 0.717) is 12.6 Å². The van der Waals surface area contributed by atoms with Gasteiger partial charge in [0.15, 0.2) is 5.11 Å². The molecule has 0 aromatic heterocycles. The van der Waals surface area contributed by atoms with Gasteiger partial charge in [-0.25, -0.2) is 0 Å². The Morgan fingerprint density at radius 3 is 2.92 bits per heavy atom. The van der Waals surface area contributed by atoms with Crippen LogP contribution in [0.3, 0.4) is 0 Å². The fraction of sp³-hybridized carbons (Fsp3) is 0.889. The number of aliphatic hydroxyl groups excluding tert-OH is 1. The van der Waals surface area contributed by atoms with Gasteiger partial charge < -0.3 is 15.3 Å². The number of nitrogens with zero attached hydrogens (tertiary/aromatic N) is 1. The smallest absolute Gasteiger partial charge is 0.169 e. The first-order chi connectivity index (χ1) is 6.13. The monoisotopic (exact) mass is 202 g/mol. The minimum absolute atomic E-state index is 0.198. The van der Waals surface area contributed by atoms with Gasteiger partial charge in [-0.1, -0.05) is 6.92 Å². The Morgan fingerprint density at radius 2 is 2.46 bits per heavy atom. The van der Waals surface area contributed by atoms with Crippen molar-refractivity contribution in [1.82, 2.24) is 10.2 Å². The van der Waals surface area contributed by atoms with Gasteiger partial charge >= 0.3 is 0 Å². The highest BCUT2D eigenvalue weighted by molar-refractivity contribution is 7.80. The van der Waals surface area contributed by atoms with Crippen LogP contribution in [0.5, 0.6) is 0 Å². The molecule has 3 nitrogen and oxygen atoms in total. The lowest BCUT2D eigenvalue weighted by Crippen LogP contribution is -2.42. The van der Waals surface area contributed by atoms with E-state index < -0.39 is 0 Å². The minimum atomic E-state index is -0.198. The second-order valence-corrected chi connectivity index (χ2v) is 4.03. The molecule has 1 fully saturated rings. The van der Waals surface area contributed by atoms with Crippen LogP contribution >= 0.6 is 12.2 Å². The van der Waals surface area contributed by atoms with E-state index in [1.54, 1.807) is 0 Å². The third kappa shape index (κ3) is 3.12. The van der Waals surface area contributed by atoms with Crippen LogP contribution in [0.2, 0.25) is 0 Å². The Bertz CT molecular complexity index is 186. The summed E-state index contributed by atoms with van der Waals surface area (Å²) in [6, 6.07) is 0.422. The maximum absolute atomic E-state index is 9.31. The minimum Gasteiger partial charge on any atom is -0.391 e. The predicted octanol–water partition coefficient (Wildman–Crippen LogP) is 0.726. The van der Waals surface area contributed by atoms with Crippen LogP contribution in [-0.2, 0) is 0 Å². The predicted molar refractivity (Wildman–Crippen MR) is 57.7 cm³/mol. The van der Waals surface area contributed by atoms with E-state index in [1.165, 1.54) is 0 Å². The van der Waals surface area contributed by atoms with E-state index in [1.807, 2.05) is 4.90 Å². The summed E-state index contributed by atoms with van der Waals surface area (Å²) in [6.45, 7) is 5.80. The Hall–Kier alpha value is -0.350. The number of hydrogen-bond donors (Lipinski definition) is 2. The lowest BCUT2D eigenvalue weighted by atomic mass is 10.3. The molecular formula is C9H18N2OS. The molecule has 76 valence electrons. The maximum atomic E-state index is 9.31. The lowest BCUT2D eigenvalue weighted by Gasteiger charge is -2.22. The molecule has 0 bridgehead atoms. The second-order valence-electron chi connectivity index (χ2n) is 3.65. The van der Waals surface area contributed by atoms with Crippen molar-refractivity contribution in [2.75, 3.05) is 13.1 Å². The van der Waals surface area contributed by atoms with Crippen LogP contribution in [0.4, 0.5) is 0 Å². The number of aliphatic hydroxyl groups is 1. The van der Waals surface area contributed by atoms with E-state index >= 15 is 0 Å². The first-order valence-electron chi connectivity index (χ1n) is 4.87. The summed E-state index contributed by atoms with van der Waals surface area (Å²) in [6.07, 6.45) is 1.70. The van der Waals surface area contributed by atoms with E-state index in [9.17, 15) is 5.11 Å². The Kier molecular flexibility index (Phi) is 3.93. The maximum Gasteiger partial charge on any atom is 0.169 e. The van der Waals surface area contributed by atoms with Crippen molar-refractivity contribution in [2.24, 2.45) is 0 Å². The molecular weight excluding hydrogens is 184 g/mol. The molecule has 0 spiro atoms. The molecule has 1 aliphatic heterocycles. The van der Waals surface area contributed by atoms with Crippen molar-refractivity contribution in [1.29, 1.82) is 0 Å². The summed E-state index contributed by atoms with van der Waals surface area (Å²) in [5.41, 5.74) is 0. The SMILES string of the molecule is CCC(C)NC(=S)N1CC[C@@H](O)C1. The summed E-state index contributed by atoms with van der Waals surface area (Å²) in [4.78, 5) is 2.03. The van der Waals surface area contributed by atoms with Crippen LogP contribution in [-0.4, -0.2) is 40.4 Å². The zero-order valence-corrected chi connectivity index (χ0v) is 9.10. The van der Waals surface area contributed by atoms with Crippen molar-refractivity contribution in [3.8, 4) is 0 Å². The molecule has 1 heterocycles. The van der Waals surface area contributed by atoms with E-state index in [4.69, 9.17) is 12.2 Å². The average Bonchev–Trinajstić information content (AvgIpc) is 2.51. The molecule has 0 radical (unpaired) electrons. The summed E-state index contributed by atoms with van der Waals surface area (Å²) in [5.74, 6) is 0. The number of β-amino-alcohol motifs (C(OH)–C–C–N with tert-alkyl or cyclic N) is 1. The van der Waals surface area contributed by atoms with Crippen molar-refractivity contribution in [3.63, 3.8) is 0 Å². The molecule has 13 heavy (non-hydrogen) atoms. The number of likely N-dealkylation sites (tertiary alicyclic amines) is 1. The van der Waals surface area contributed by atoms with Crippen LogP contribution < -0.4 is 5.32 Å². The first-order valence-corrected chi connectivity index (χ1v) is 5.27. The Morgan fingerprint density at radius 1 is 1.77 bits per heavy atom. The standard InChI is InChI=1S/C9H18N2OS/c1-3-7(2)10-9(13)11-5-4-8(12)6-11/h7-8,12H,3-6H2,1-2H3,(H,10,13)/t7?,8-/m1/s1. The molecule has 1 aliphatic rings. The number of rotatable bonds is 2. The Balaban J connectivity index is 2.31. The van der Waals surface area contributed by atoms with Crippen molar-refractivity contribution in [2.45, 2.75) is 38.8 Å². The van der Waals surface area contributed by atoms with Gasteiger partial charge in [0.25, 0.3) is 0 Å². The van der Waals surface area contributed by atoms with Crippen molar-refractivity contribution >= 4 is 17.3 Å². The number of hydrogen-bond acceptors (Lipinski definition) is 2. The lowest BCUT2D eigenvalue weighted by molar-refractivity contribution is 0.188. The molecule has 0 amide bonds. The third-order valence-electron chi connectivity index (χ3n) is 2.43. The molecule has 4 heteroatoms. The summed E-state index contributed by atoms with van der Waals surface area (Å²) in [5, 5.41) is 13.3. The van der Waals surface area contributed by atoms with Gasteiger partial charge in [0.2, 0.25) is 0 Å². The van der Waals surface area contributed by atoms with E-state index in [2.05, 4.69) is 19.2 Å². The van der Waals surface area contributed by atoms with Gasteiger partial charge in [-0.3, -0.25) is 0 Å². The topological polar surface area (TPSA) is 35.5 Å². The highest BCUT2D eigenvalue weighted by atomic mass is 32.1. The van der Waals surface area contributed by atoms with Gasteiger partial charge in [-0.2, -0.15) is 0 Å². The molecule has 1 rings (SSSR count). The average molecular weight is 202 g/mol. The molecule has 0 aromatic rings. The van der Waals surface area contributed by atoms with E-state index in [-0.39, 0.29) is 6.10 Å². The van der Waals surface area contributed by atoms with Gasteiger partial charge in [-0.05, 0) is 32.0 Å². The second kappa shape index (κ2) is 4.77. The normalized spacial score (nSPS) is 24.5. The van der Waals surface area contributed by atoms with Crippen LogP contribution in [0.25, 0.3) is 0 Å². The highest BCUT2D eigenvalue weighted by Crippen LogP contribution is 2.08. The number of thiocarbonyl (C=S) groups is 1. The highest BCUT2D eigenvalue weighted by Gasteiger charge is 2.22. The quantitative estimate of drug-likeness (QED) is 0.647. The van der Waals surface area contributed by atoms with Gasteiger partial charge in [-0.15, -0.1) is 0 Å². The summed E-state index contributed by atoms with van der Waals surface area (Å²) >= 11 is 5.21. The molecule has 2 N–H and O–H groups in total. The van der Waals surface area contributed by atoms with Gasteiger partial charge in [0.1, 0.15) is 0 Å².